The van der Waals surface area contributed by atoms with E-state index in [1.165, 1.54) is 0 Å². The number of ether oxygens (including phenoxy) is 1. The molecule has 0 bridgehead atoms. The van der Waals surface area contributed by atoms with Gasteiger partial charge in [-0.15, -0.1) is 0 Å². The van der Waals surface area contributed by atoms with Crippen LogP contribution in [0.1, 0.15) is 12.0 Å². The highest BCUT2D eigenvalue weighted by Gasteiger charge is 2.40. The SMILES string of the molecule is COc1ccc2[nH]cc(CCN[C@H]3CC(=O)N(c4cccc(Cl)c4Cl)C3=O)c2c1. The predicted molar refractivity (Wildman–Crippen MR) is 114 cm³/mol. The van der Waals surface area contributed by atoms with Crippen LogP contribution >= 0.6 is 23.2 Å². The van der Waals surface area contributed by atoms with E-state index in [1.54, 1.807) is 25.3 Å². The molecule has 2 heterocycles. The molecular weight excluding hydrogens is 413 g/mol. The number of nitrogens with zero attached hydrogens (tertiary/aromatic N) is 1. The molecule has 1 aromatic heterocycles. The lowest BCUT2D eigenvalue weighted by Crippen LogP contribution is -2.39. The molecular formula is C21H19Cl2N3O3. The van der Waals surface area contributed by atoms with Crippen LogP contribution in [0.3, 0.4) is 0 Å². The van der Waals surface area contributed by atoms with Crippen LogP contribution in [-0.4, -0.2) is 36.5 Å². The van der Waals surface area contributed by atoms with Crippen LogP contribution in [0, 0.1) is 0 Å². The average molecular weight is 432 g/mol. The normalized spacial score (nSPS) is 16.8. The number of H-pyrrole nitrogens is 1. The van der Waals surface area contributed by atoms with Gasteiger partial charge in [-0.1, -0.05) is 29.3 Å². The van der Waals surface area contributed by atoms with Gasteiger partial charge in [0.2, 0.25) is 5.91 Å². The summed E-state index contributed by atoms with van der Waals surface area (Å²) in [4.78, 5) is 29.6. The Morgan fingerprint density at radius 3 is 2.86 bits per heavy atom. The number of methoxy groups -OCH3 is 1. The molecule has 6 nitrogen and oxygen atoms in total. The van der Waals surface area contributed by atoms with Crippen molar-refractivity contribution >= 4 is 51.6 Å². The monoisotopic (exact) mass is 431 g/mol. The minimum atomic E-state index is -0.586. The minimum absolute atomic E-state index is 0.0867. The maximum absolute atomic E-state index is 12.8. The zero-order valence-corrected chi connectivity index (χ0v) is 17.2. The van der Waals surface area contributed by atoms with E-state index in [1.807, 2.05) is 24.4 Å². The van der Waals surface area contributed by atoms with Crippen molar-refractivity contribution in [3.63, 3.8) is 0 Å². The van der Waals surface area contributed by atoms with E-state index in [9.17, 15) is 9.59 Å². The second kappa shape index (κ2) is 8.06. The fourth-order valence-electron chi connectivity index (χ4n) is 3.58. The van der Waals surface area contributed by atoms with E-state index >= 15 is 0 Å². The van der Waals surface area contributed by atoms with Crippen LogP contribution in [0.4, 0.5) is 5.69 Å². The summed E-state index contributed by atoms with van der Waals surface area (Å²) in [5.74, 6) is 0.171. The van der Waals surface area contributed by atoms with Gasteiger partial charge in [0.1, 0.15) is 5.75 Å². The topological polar surface area (TPSA) is 74.4 Å². The van der Waals surface area contributed by atoms with E-state index < -0.39 is 6.04 Å². The molecule has 0 saturated carbocycles. The van der Waals surface area contributed by atoms with Gasteiger partial charge in [0.15, 0.2) is 0 Å². The van der Waals surface area contributed by atoms with Gasteiger partial charge in [-0.05, 0) is 42.3 Å². The third kappa shape index (κ3) is 3.71. The molecule has 0 aliphatic carbocycles. The van der Waals surface area contributed by atoms with Crippen LogP contribution in [-0.2, 0) is 16.0 Å². The molecule has 1 atom stereocenters. The molecule has 1 aliphatic heterocycles. The maximum atomic E-state index is 12.8. The highest BCUT2D eigenvalue weighted by molar-refractivity contribution is 6.44. The Kier molecular flexibility index (Phi) is 5.50. The van der Waals surface area contributed by atoms with E-state index in [-0.39, 0.29) is 23.3 Å². The van der Waals surface area contributed by atoms with Gasteiger partial charge in [0.25, 0.3) is 5.91 Å². The number of hydrogen-bond donors (Lipinski definition) is 2. The van der Waals surface area contributed by atoms with Crippen LogP contribution in [0.5, 0.6) is 5.75 Å². The van der Waals surface area contributed by atoms with Crippen molar-refractivity contribution < 1.29 is 14.3 Å². The first-order valence-electron chi connectivity index (χ1n) is 9.18. The number of anilines is 1. The average Bonchev–Trinajstić information content (AvgIpc) is 3.24. The number of carbonyl (C=O) groups is 2. The number of imide groups is 1. The number of aromatic nitrogens is 1. The second-order valence-corrected chi connectivity index (χ2v) is 7.61. The lowest BCUT2D eigenvalue weighted by atomic mass is 10.1. The van der Waals surface area contributed by atoms with E-state index in [0.717, 1.165) is 27.1 Å². The molecule has 29 heavy (non-hydrogen) atoms. The summed E-state index contributed by atoms with van der Waals surface area (Å²) in [6.07, 6.45) is 2.73. The van der Waals surface area contributed by atoms with E-state index in [0.29, 0.717) is 23.7 Å². The Morgan fingerprint density at radius 2 is 2.07 bits per heavy atom. The van der Waals surface area contributed by atoms with Gasteiger partial charge in [0, 0.05) is 23.6 Å². The van der Waals surface area contributed by atoms with Crippen molar-refractivity contribution in [1.82, 2.24) is 10.3 Å². The van der Waals surface area contributed by atoms with Gasteiger partial charge in [-0.25, -0.2) is 4.90 Å². The first-order chi connectivity index (χ1) is 14.0. The molecule has 1 aliphatic rings. The number of fused-ring (bicyclic) bond motifs is 1. The van der Waals surface area contributed by atoms with Crippen molar-refractivity contribution in [2.45, 2.75) is 18.9 Å². The van der Waals surface area contributed by atoms with Gasteiger partial charge in [0.05, 0.1) is 35.3 Å². The largest absolute Gasteiger partial charge is 0.497 e. The fraction of sp³-hybridized carbons (Fsp3) is 0.238. The molecule has 8 heteroatoms. The van der Waals surface area contributed by atoms with Crippen molar-refractivity contribution in [2.24, 2.45) is 0 Å². The number of carbonyl (C=O) groups excluding carboxylic acids is 2. The maximum Gasteiger partial charge on any atom is 0.251 e. The van der Waals surface area contributed by atoms with E-state index in [4.69, 9.17) is 27.9 Å². The fourth-order valence-corrected chi connectivity index (χ4v) is 3.96. The molecule has 0 unspecified atom stereocenters. The predicted octanol–water partition coefficient (Wildman–Crippen LogP) is 3.95. The van der Waals surface area contributed by atoms with Crippen molar-refractivity contribution in [3.8, 4) is 5.75 Å². The quantitative estimate of drug-likeness (QED) is 0.579. The molecule has 150 valence electrons. The van der Waals surface area contributed by atoms with Crippen LogP contribution in [0.15, 0.2) is 42.6 Å². The number of rotatable bonds is 6. The Morgan fingerprint density at radius 1 is 1.24 bits per heavy atom. The Hall–Kier alpha value is -2.54. The smallest absolute Gasteiger partial charge is 0.251 e. The number of nitrogens with one attached hydrogen (secondary N) is 2. The third-order valence-electron chi connectivity index (χ3n) is 5.08. The molecule has 2 aromatic carbocycles. The minimum Gasteiger partial charge on any atom is -0.497 e. The lowest BCUT2D eigenvalue weighted by molar-refractivity contribution is -0.121. The highest BCUT2D eigenvalue weighted by Crippen LogP contribution is 2.35. The number of aromatic amines is 1. The number of amides is 2. The van der Waals surface area contributed by atoms with E-state index in [2.05, 4.69) is 10.3 Å². The summed E-state index contributed by atoms with van der Waals surface area (Å²) < 4.78 is 5.29. The molecule has 1 fully saturated rings. The zero-order chi connectivity index (χ0) is 20.5. The first kappa shape index (κ1) is 19.8. The molecule has 4 rings (SSSR count). The van der Waals surface area contributed by atoms with Gasteiger partial charge < -0.3 is 15.0 Å². The Bertz CT molecular complexity index is 1100. The van der Waals surface area contributed by atoms with Crippen molar-refractivity contribution in [1.29, 1.82) is 0 Å². The molecule has 0 spiro atoms. The molecule has 3 aromatic rings. The summed E-state index contributed by atoms with van der Waals surface area (Å²) in [6, 6.07) is 10.2. The lowest BCUT2D eigenvalue weighted by Gasteiger charge is -2.17. The first-order valence-corrected chi connectivity index (χ1v) is 9.93. The number of benzene rings is 2. The Balaban J connectivity index is 1.44. The Labute approximate surface area is 177 Å². The second-order valence-electron chi connectivity index (χ2n) is 6.83. The standard InChI is InChI=1S/C21H19Cl2N3O3/c1-29-13-5-6-16-14(9-13)12(11-25-16)7-8-24-17-10-19(27)26(21(17)28)18-4-2-3-15(22)20(18)23/h2-6,9,11,17,24-25H,7-8,10H2,1H3/t17-/m0/s1. The number of hydrogen-bond acceptors (Lipinski definition) is 4. The third-order valence-corrected chi connectivity index (χ3v) is 5.89. The molecule has 1 saturated heterocycles. The molecule has 2 N–H and O–H groups in total. The summed E-state index contributed by atoms with van der Waals surface area (Å²) in [7, 11) is 1.63. The van der Waals surface area contributed by atoms with Crippen LogP contribution in [0.25, 0.3) is 10.9 Å². The molecule has 2 amide bonds. The molecule has 0 radical (unpaired) electrons. The van der Waals surface area contributed by atoms with Crippen molar-refractivity contribution in [3.05, 3.63) is 58.2 Å². The zero-order valence-electron chi connectivity index (χ0n) is 15.7. The van der Waals surface area contributed by atoms with Crippen LogP contribution in [0.2, 0.25) is 10.0 Å². The van der Waals surface area contributed by atoms with Crippen LogP contribution < -0.4 is 15.0 Å². The highest BCUT2D eigenvalue weighted by atomic mass is 35.5. The van der Waals surface area contributed by atoms with Gasteiger partial charge >= 0.3 is 0 Å². The van der Waals surface area contributed by atoms with Gasteiger partial charge in [-0.3, -0.25) is 9.59 Å². The summed E-state index contributed by atoms with van der Waals surface area (Å²) >= 11 is 12.2. The summed E-state index contributed by atoms with van der Waals surface area (Å²) in [5.41, 5.74) is 2.45. The van der Waals surface area contributed by atoms with Crippen molar-refractivity contribution in [2.75, 3.05) is 18.6 Å². The summed E-state index contributed by atoms with van der Waals surface area (Å²) in [5, 5.41) is 4.77. The summed E-state index contributed by atoms with van der Waals surface area (Å²) in [6.45, 7) is 0.547. The number of halogens is 2. The van der Waals surface area contributed by atoms with Gasteiger partial charge in [-0.2, -0.15) is 0 Å².